The van der Waals surface area contributed by atoms with Crippen molar-refractivity contribution >= 4 is 17.5 Å². The van der Waals surface area contributed by atoms with Crippen LogP contribution >= 0.6 is 0 Å². The predicted octanol–water partition coefficient (Wildman–Crippen LogP) is -0.146. The van der Waals surface area contributed by atoms with Gasteiger partial charge in [-0.05, 0) is 19.3 Å². The van der Waals surface area contributed by atoms with Gasteiger partial charge in [-0.3, -0.25) is 0 Å². The Morgan fingerprint density at radius 2 is 2.05 bits per heavy atom. The van der Waals surface area contributed by atoms with E-state index in [9.17, 15) is 0 Å². The quantitative estimate of drug-likeness (QED) is 0.812. The molecule has 2 aliphatic rings. The highest BCUT2D eigenvalue weighted by Crippen LogP contribution is 2.28. The van der Waals surface area contributed by atoms with E-state index in [2.05, 4.69) is 25.3 Å². The summed E-state index contributed by atoms with van der Waals surface area (Å²) in [5.41, 5.74) is 2.31. The largest absolute Gasteiger partial charge is 0.395 e. The summed E-state index contributed by atoms with van der Waals surface area (Å²) in [7, 11) is 0. The number of aromatic nitrogens is 4. The zero-order chi connectivity index (χ0) is 14.9. The van der Waals surface area contributed by atoms with E-state index in [1.165, 1.54) is 5.56 Å². The molecule has 0 unspecified atom stereocenters. The van der Waals surface area contributed by atoms with Gasteiger partial charge in [-0.25, -0.2) is 4.98 Å². The molecular formula is C14H20N6O2. The molecule has 4 rings (SSSR count). The molecule has 0 aromatic carbocycles. The lowest BCUT2D eigenvalue weighted by atomic mass is 10.2. The van der Waals surface area contributed by atoms with Crippen LogP contribution in [0.3, 0.4) is 0 Å². The molecule has 1 aliphatic heterocycles. The number of rotatable bonds is 4. The third kappa shape index (κ3) is 2.28. The Kier molecular flexibility index (Phi) is 3.55. The van der Waals surface area contributed by atoms with Crippen LogP contribution in [-0.2, 0) is 17.6 Å². The lowest BCUT2D eigenvalue weighted by Gasteiger charge is -2.25. The predicted molar refractivity (Wildman–Crippen MR) is 81.4 cm³/mol. The highest BCUT2D eigenvalue weighted by molar-refractivity contribution is 5.56. The summed E-state index contributed by atoms with van der Waals surface area (Å²) < 4.78 is 7.16. The van der Waals surface area contributed by atoms with E-state index < -0.39 is 0 Å². The second-order valence-electron chi connectivity index (χ2n) is 5.61. The second kappa shape index (κ2) is 5.69. The van der Waals surface area contributed by atoms with Crippen LogP contribution < -0.4 is 10.2 Å². The van der Waals surface area contributed by atoms with Gasteiger partial charge in [0.25, 0.3) is 5.78 Å². The second-order valence-corrected chi connectivity index (χ2v) is 5.61. The third-order valence-electron chi connectivity index (χ3n) is 4.20. The highest BCUT2D eigenvalue weighted by atomic mass is 16.5. The molecule has 0 atom stereocenters. The van der Waals surface area contributed by atoms with Gasteiger partial charge < -0.3 is 20.1 Å². The first kappa shape index (κ1) is 13.7. The van der Waals surface area contributed by atoms with Crippen molar-refractivity contribution in [1.29, 1.82) is 0 Å². The van der Waals surface area contributed by atoms with Gasteiger partial charge in [0.1, 0.15) is 5.82 Å². The van der Waals surface area contributed by atoms with Crippen molar-refractivity contribution < 1.29 is 9.84 Å². The van der Waals surface area contributed by atoms with Crippen LogP contribution in [0.5, 0.6) is 0 Å². The van der Waals surface area contributed by atoms with Crippen LogP contribution in [0.25, 0.3) is 5.78 Å². The third-order valence-corrected chi connectivity index (χ3v) is 4.20. The number of ether oxygens (including phenoxy) is 1. The van der Waals surface area contributed by atoms with Gasteiger partial charge in [0.2, 0.25) is 5.95 Å². The summed E-state index contributed by atoms with van der Waals surface area (Å²) in [5.74, 6) is 2.26. The van der Waals surface area contributed by atoms with Crippen LogP contribution in [0, 0.1) is 0 Å². The maximum atomic E-state index is 9.11. The van der Waals surface area contributed by atoms with Gasteiger partial charge >= 0.3 is 0 Å². The van der Waals surface area contributed by atoms with Crippen LogP contribution in [0.4, 0.5) is 11.8 Å². The van der Waals surface area contributed by atoms with E-state index in [4.69, 9.17) is 9.84 Å². The Morgan fingerprint density at radius 1 is 1.18 bits per heavy atom. The van der Waals surface area contributed by atoms with Gasteiger partial charge in [-0.1, -0.05) is 0 Å². The first-order valence-corrected chi connectivity index (χ1v) is 7.83. The molecule has 0 spiro atoms. The summed E-state index contributed by atoms with van der Waals surface area (Å²) in [4.78, 5) is 11.4. The van der Waals surface area contributed by atoms with Gasteiger partial charge in [0, 0.05) is 25.2 Å². The summed E-state index contributed by atoms with van der Waals surface area (Å²) in [6, 6.07) is 0. The summed E-state index contributed by atoms with van der Waals surface area (Å²) >= 11 is 0. The maximum absolute atomic E-state index is 9.11. The number of nitrogens with one attached hydrogen (secondary N) is 1. The number of hydrogen-bond donors (Lipinski definition) is 2. The Morgan fingerprint density at radius 3 is 2.86 bits per heavy atom. The number of fused-ring (bicyclic) bond motifs is 2. The molecular weight excluding hydrogens is 284 g/mol. The summed E-state index contributed by atoms with van der Waals surface area (Å²) in [6.45, 7) is 3.60. The first-order valence-electron chi connectivity index (χ1n) is 7.83. The molecule has 3 heterocycles. The van der Waals surface area contributed by atoms with Gasteiger partial charge in [-0.15, -0.1) is 5.10 Å². The van der Waals surface area contributed by atoms with E-state index in [1.54, 1.807) is 4.52 Å². The number of aliphatic hydroxyl groups is 1. The van der Waals surface area contributed by atoms with Crippen LogP contribution in [0.2, 0.25) is 0 Å². The zero-order valence-corrected chi connectivity index (χ0v) is 12.5. The number of anilines is 2. The van der Waals surface area contributed by atoms with Gasteiger partial charge in [-0.2, -0.15) is 9.50 Å². The monoisotopic (exact) mass is 304 g/mol. The van der Waals surface area contributed by atoms with E-state index in [0.29, 0.717) is 31.5 Å². The molecule has 1 fully saturated rings. The SMILES string of the molecule is OCCNc1c2c(nc3nc(N4CCOCC4)nn13)CCC2. The van der Waals surface area contributed by atoms with Crippen molar-refractivity contribution in [3.63, 3.8) is 0 Å². The van der Waals surface area contributed by atoms with Crippen molar-refractivity contribution in [1.82, 2.24) is 19.6 Å². The molecule has 0 saturated carbocycles. The van der Waals surface area contributed by atoms with Crippen LogP contribution in [0.1, 0.15) is 17.7 Å². The minimum absolute atomic E-state index is 0.0869. The molecule has 2 aromatic rings. The van der Waals surface area contributed by atoms with Crippen molar-refractivity contribution in [2.75, 3.05) is 49.7 Å². The normalized spacial score (nSPS) is 18.0. The van der Waals surface area contributed by atoms with Gasteiger partial charge in [0.15, 0.2) is 0 Å². The molecule has 22 heavy (non-hydrogen) atoms. The average Bonchev–Trinajstić information content (AvgIpc) is 3.18. The Balaban J connectivity index is 1.77. The number of aryl methyl sites for hydroxylation is 1. The topological polar surface area (TPSA) is 87.8 Å². The number of morpholine rings is 1. The maximum Gasteiger partial charge on any atom is 0.256 e. The lowest BCUT2D eigenvalue weighted by Crippen LogP contribution is -2.36. The van der Waals surface area contributed by atoms with Crippen LogP contribution in [0.15, 0.2) is 0 Å². The smallest absolute Gasteiger partial charge is 0.256 e. The van der Waals surface area contributed by atoms with Gasteiger partial charge in [0.05, 0.1) is 25.5 Å². The molecule has 0 radical (unpaired) electrons. The average molecular weight is 304 g/mol. The van der Waals surface area contributed by atoms with E-state index >= 15 is 0 Å². The minimum atomic E-state index is 0.0869. The molecule has 1 aliphatic carbocycles. The van der Waals surface area contributed by atoms with Crippen molar-refractivity contribution in [3.05, 3.63) is 11.3 Å². The molecule has 8 heteroatoms. The van der Waals surface area contributed by atoms with Crippen molar-refractivity contribution in [3.8, 4) is 0 Å². The fraction of sp³-hybridized carbons (Fsp3) is 0.643. The minimum Gasteiger partial charge on any atom is -0.395 e. The van der Waals surface area contributed by atoms with Crippen molar-refractivity contribution in [2.24, 2.45) is 0 Å². The summed E-state index contributed by atoms with van der Waals surface area (Å²) in [6.07, 6.45) is 3.10. The molecule has 2 aromatic heterocycles. The number of hydrogen-bond acceptors (Lipinski definition) is 7. The zero-order valence-electron chi connectivity index (χ0n) is 12.5. The lowest BCUT2D eigenvalue weighted by molar-refractivity contribution is 0.122. The van der Waals surface area contributed by atoms with Crippen LogP contribution in [-0.4, -0.2) is 64.1 Å². The Labute approximate surface area is 128 Å². The van der Waals surface area contributed by atoms with E-state index in [1.807, 2.05) is 0 Å². The number of aliphatic hydroxyl groups excluding tert-OH is 1. The molecule has 118 valence electrons. The molecule has 0 bridgehead atoms. The van der Waals surface area contributed by atoms with E-state index in [0.717, 1.165) is 43.9 Å². The van der Waals surface area contributed by atoms with Crippen molar-refractivity contribution in [2.45, 2.75) is 19.3 Å². The molecule has 1 saturated heterocycles. The fourth-order valence-corrected chi connectivity index (χ4v) is 3.12. The highest BCUT2D eigenvalue weighted by Gasteiger charge is 2.23. The fourth-order valence-electron chi connectivity index (χ4n) is 3.12. The standard InChI is InChI=1S/C14H20N6O2/c21-7-4-15-12-10-2-1-3-11(10)16-13-17-14(18-20(12)13)19-5-8-22-9-6-19/h15,21H,1-9H2. The number of nitrogens with zero attached hydrogens (tertiary/aromatic N) is 5. The Bertz CT molecular complexity index is 680. The first-order chi connectivity index (χ1) is 10.9. The van der Waals surface area contributed by atoms with E-state index in [-0.39, 0.29) is 6.61 Å². The Hall–Kier alpha value is -1.93. The molecule has 8 nitrogen and oxygen atoms in total. The summed E-state index contributed by atoms with van der Waals surface area (Å²) in [5, 5.41) is 17.0. The molecule has 2 N–H and O–H groups in total. The molecule has 0 amide bonds.